The van der Waals surface area contributed by atoms with Gasteiger partial charge in [-0.2, -0.15) is 5.10 Å². The summed E-state index contributed by atoms with van der Waals surface area (Å²) in [6, 6.07) is 3.15. The highest BCUT2D eigenvalue weighted by atomic mass is 32.2. The van der Waals surface area contributed by atoms with E-state index in [9.17, 15) is 8.42 Å². The molecule has 2 rings (SSSR count). The molecular weight excluding hydrogens is 282 g/mol. The minimum Gasteiger partial charge on any atom is -0.462 e. The molecule has 0 aliphatic heterocycles. The van der Waals surface area contributed by atoms with E-state index in [1.807, 2.05) is 12.3 Å². The van der Waals surface area contributed by atoms with Gasteiger partial charge in [0.25, 0.3) is 0 Å². The van der Waals surface area contributed by atoms with Crippen molar-refractivity contribution in [1.82, 2.24) is 14.5 Å². The third kappa shape index (κ3) is 3.47. The Hall–Kier alpha value is -1.64. The van der Waals surface area contributed by atoms with Crippen LogP contribution in [0.3, 0.4) is 0 Å². The minimum absolute atomic E-state index is 0.0700. The highest BCUT2D eigenvalue weighted by molar-refractivity contribution is 7.89. The van der Waals surface area contributed by atoms with Gasteiger partial charge in [-0.25, -0.2) is 13.1 Å². The number of aromatic nitrogens is 2. The van der Waals surface area contributed by atoms with Crippen LogP contribution >= 0.6 is 0 Å². The van der Waals surface area contributed by atoms with E-state index in [0.29, 0.717) is 19.5 Å². The van der Waals surface area contributed by atoms with Gasteiger partial charge in [-0.15, -0.1) is 0 Å². The normalized spacial score (nSPS) is 11.9. The SMILES string of the molecule is Cc1oc(CO)cc1S(=O)(=O)NCCCn1cccn1. The first-order valence-electron chi connectivity index (χ1n) is 6.20. The number of furan rings is 1. The van der Waals surface area contributed by atoms with Crippen molar-refractivity contribution in [3.05, 3.63) is 36.0 Å². The Balaban J connectivity index is 1.91. The van der Waals surface area contributed by atoms with Gasteiger partial charge in [-0.05, 0) is 19.4 Å². The third-order valence-electron chi connectivity index (χ3n) is 2.78. The van der Waals surface area contributed by atoms with Gasteiger partial charge in [0, 0.05) is 31.5 Å². The molecule has 20 heavy (non-hydrogen) atoms. The second-order valence-electron chi connectivity index (χ2n) is 4.31. The molecule has 0 saturated carbocycles. The smallest absolute Gasteiger partial charge is 0.244 e. The van der Waals surface area contributed by atoms with Gasteiger partial charge in [-0.1, -0.05) is 0 Å². The zero-order chi connectivity index (χ0) is 14.6. The van der Waals surface area contributed by atoms with Gasteiger partial charge < -0.3 is 9.52 Å². The van der Waals surface area contributed by atoms with Crippen LogP contribution in [0.5, 0.6) is 0 Å². The first-order chi connectivity index (χ1) is 9.53. The summed E-state index contributed by atoms with van der Waals surface area (Å²) in [6.45, 7) is 2.18. The quantitative estimate of drug-likeness (QED) is 0.731. The fourth-order valence-electron chi connectivity index (χ4n) is 1.83. The largest absolute Gasteiger partial charge is 0.462 e. The standard InChI is InChI=1S/C12H17N3O4S/c1-10-12(8-11(9-16)19-10)20(17,18)14-5-3-7-15-6-2-4-13-15/h2,4,6,8,14,16H,3,5,7,9H2,1H3. The van der Waals surface area contributed by atoms with Gasteiger partial charge in [-0.3, -0.25) is 4.68 Å². The van der Waals surface area contributed by atoms with Crippen LogP contribution in [0.2, 0.25) is 0 Å². The zero-order valence-electron chi connectivity index (χ0n) is 11.1. The number of aryl methyl sites for hydroxylation is 2. The zero-order valence-corrected chi connectivity index (χ0v) is 11.9. The lowest BCUT2D eigenvalue weighted by Gasteiger charge is -2.05. The molecule has 0 atom stereocenters. The van der Waals surface area contributed by atoms with E-state index in [4.69, 9.17) is 9.52 Å². The van der Waals surface area contributed by atoms with Crippen LogP contribution in [-0.4, -0.2) is 29.8 Å². The van der Waals surface area contributed by atoms with Gasteiger partial charge in [0.2, 0.25) is 10.0 Å². The fraction of sp³-hybridized carbons (Fsp3) is 0.417. The predicted octanol–water partition coefficient (Wildman–Crippen LogP) is 0.645. The van der Waals surface area contributed by atoms with Crippen LogP contribution in [-0.2, 0) is 23.2 Å². The van der Waals surface area contributed by atoms with Crippen molar-refractivity contribution < 1.29 is 17.9 Å². The Morgan fingerprint density at radius 1 is 1.50 bits per heavy atom. The molecule has 0 saturated heterocycles. The molecular formula is C12H17N3O4S. The van der Waals surface area contributed by atoms with Crippen LogP contribution in [0.15, 0.2) is 33.8 Å². The lowest BCUT2D eigenvalue weighted by Crippen LogP contribution is -2.25. The van der Waals surface area contributed by atoms with E-state index >= 15 is 0 Å². The van der Waals surface area contributed by atoms with E-state index in [1.54, 1.807) is 17.8 Å². The van der Waals surface area contributed by atoms with Crippen molar-refractivity contribution in [2.24, 2.45) is 0 Å². The Morgan fingerprint density at radius 3 is 2.90 bits per heavy atom. The topological polar surface area (TPSA) is 97.4 Å². The van der Waals surface area contributed by atoms with Crippen LogP contribution in [0, 0.1) is 6.92 Å². The molecule has 0 amide bonds. The maximum atomic E-state index is 12.1. The number of sulfonamides is 1. The number of aliphatic hydroxyl groups excluding tert-OH is 1. The lowest BCUT2D eigenvalue weighted by atomic mass is 10.4. The van der Waals surface area contributed by atoms with E-state index < -0.39 is 10.0 Å². The molecule has 8 heteroatoms. The van der Waals surface area contributed by atoms with Crippen molar-refractivity contribution in [3.8, 4) is 0 Å². The highest BCUT2D eigenvalue weighted by Crippen LogP contribution is 2.19. The molecule has 7 nitrogen and oxygen atoms in total. The maximum Gasteiger partial charge on any atom is 0.244 e. The monoisotopic (exact) mass is 299 g/mol. The summed E-state index contributed by atoms with van der Waals surface area (Å²) >= 11 is 0. The van der Waals surface area contributed by atoms with Gasteiger partial charge in [0.05, 0.1) is 0 Å². The molecule has 2 heterocycles. The lowest BCUT2D eigenvalue weighted by molar-refractivity contribution is 0.244. The average Bonchev–Trinajstić information content (AvgIpc) is 3.04. The summed E-state index contributed by atoms with van der Waals surface area (Å²) in [5.74, 6) is 0.507. The molecule has 2 N–H and O–H groups in total. The molecule has 0 spiro atoms. The second kappa shape index (κ2) is 6.21. The summed E-state index contributed by atoms with van der Waals surface area (Å²) in [5, 5.41) is 13.0. The number of hydrogen-bond acceptors (Lipinski definition) is 5. The number of hydrogen-bond donors (Lipinski definition) is 2. The summed E-state index contributed by atoms with van der Waals surface area (Å²) in [4.78, 5) is 0.0700. The van der Waals surface area contributed by atoms with Gasteiger partial charge >= 0.3 is 0 Å². The van der Waals surface area contributed by atoms with Crippen LogP contribution in [0.1, 0.15) is 17.9 Å². The summed E-state index contributed by atoms with van der Waals surface area (Å²) in [5.41, 5.74) is 0. The Kier molecular flexibility index (Phi) is 4.58. The molecule has 0 bridgehead atoms. The number of nitrogens with zero attached hydrogens (tertiary/aromatic N) is 2. The summed E-state index contributed by atoms with van der Waals surface area (Å²) in [6.07, 6.45) is 4.13. The van der Waals surface area contributed by atoms with Crippen molar-refractivity contribution >= 4 is 10.0 Å². The van der Waals surface area contributed by atoms with Crippen molar-refractivity contribution in [1.29, 1.82) is 0 Å². The first-order valence-corrected chi connectivity index (χ1v) is 7.68. The maximum absolute atomic E-state index is 12.1. The molecule has 110 valence electrons. The van der Waals surface area contributed by atoms with Crippen molar-refractivity contribution in [3.63, 3.8) is 0 Å². The van der Waals surface area contributed by atoms with Gasteiger partial charge in [0.15, 0.2) is 0 Å². The van der Waals surface area contributed by atoms with Crippen molar-refractivity contribution in [2.75, 3.05) is 6.54 Å². The summed E-state index contributed by atoms with van der Waals surface area (Å²) < 4.78 is 33.5. The first kappa shape index (κ1) is 14.8. The predicted molar refractivity (Wildman–Crippen MR) is 71.4 cm³/mol. The Morgan fingerprint density at radius 2 is 2.30 bits per heavy atom. The fourth-order valence-corrected chi connectivity index (χ4v) is 3.10. The average molecular weight is 299 g/mol. The number of nitrogens with one attached hydrogen (secondary N) is 1. The van der Waals surface area contributed by atoms with E-state index in [-0.39, 0.29) is 23.0 Å². The van der Waals surface area contributed by atoms with Gasteiger partial charge in [0.1, 0.15) is 23.0 Å². The second-order valence-corrected chi connectivity index (χ2v) is 6.05. The molecule has 0 fully saturated rings. The molecule has 0 radical (unpaired) electrons. The van der Waals surface area contributed by atoms with Crippen LogP contribution < -0.4 is 4.72 Å². The molecule has 0 aliphatic carbocycles. The van der Waals surface area contributed by atoms with Crippen molar-refractivity contribution in [2.45, 2.75) is 31.4 Å². The molecule has 0 aliphatic rings. The molecule has 0 unspecified atom stereocenters. The van der Waals surface area contributed by atoms with E-state index in [2.05, 4.69) is 9.82 Å². The molecule has 2 aromatic heterocycles. The van der Waals surface area contributed by atoms with E-state index in [0.717, 1.165) is 0 Å². The Bertz CT molecular complexity index is 646. The van der Waals surface area contributed by atoms with Crippen LogP contribution in [0.25, 0.3) is 0 Å². The van der Waals surface area contributed by atoms with Crippen LogP contribution in [0.4, 0.5) is 0 Å². The molecule has 2 aromatic rings. The minimum atomic E-state index is -3.61. The number of aliphatic hydroxyl groups is 1. The molecule has 0 aromatic carbocycles. The Labute approximate surface area is 117 Å². The summed E-state index contributed by atoms with van der Waals surface area (Å²) in [7, 11) is -3.61. The highest BCUT2D eigenvalue weighted by Gasteiger charge is 2.20. The number of rotatable bonds is 7. The van der Waals surface area contributed by atoms with E-state index in [1.165, 1.54) is 6.07 Å². The third-order valence-corrected chi connectivity index (χ3v) is 4.35.